The Hall–Kier alpha value is -1.75. The molecule has 4 fully saturated rings. The van der Waals surface area contributed by atoms with Crippen molar-refractivity contribution in [1.29, 1.82) is 0 Å². The quantitative estimate of drug-likeness (QED) is 0.540. The molecule has 33 heavy (non-hydrogen) atoms. The first-order chi connectivity index (χ1) is 15.7. The summed E-state index contributed by atoms with van der Waals surface area (Å²) in [5.41, 5.74) is 2.23. The van der Waals surface area contributed by atoms with Crippen molar-refractivity contribution in [3.63, 3.8) is 0 Å². The van der Waals surface area contributed by atoms with Gasteiger partial charge in [0.2, 0.25) is 6.17 Å². The van der Waals surface area contributed by atoms with E-state index in [1.165, 1.54) is 38.5 Å². The van der Waals surface area contributed by atoms with Gasteiger partial charge >= 0.3 is 5.91 Å². The maximum atomic E-state index is 15.7. The molecule has 1 aromatic heterocycles. The van der Waals surface area contributed by atoms with Gasteiger partial charge in [0.15, 0.2) is 11.9 Å². The van der Waals surface area contributed by atoms with Gasteiger partial charge in [0.1, 0.15) is 6.04 Å². The van der Waals surface area contributed by atoms with Gasteiger partial charge in [-0.2, -0.15) is 0 Å². The smallest absolute Gasteiger partial charge is 0.337 e. The number of quaternary nitrogens is 1. The van der Waals surface area contributed by atoms with E-state index in [1.807, 2.05) is 31.3 Å². The molecule has 1 saturated heterocycles. The summed E-state index contributed by atoms with van der Waals surface area (Å²) in [7, 11) is 2.01. The first-order valence-corrected chi connectivity index (χ1v) is 13.2. The van der Waals surface area contributed by atoms with Crippen molar-refractivity contribution in [2.75, 3.05) is 7.05 Å². The zero-order chi connectivity index (χ0) is 23.2. The Kier molecular flexibility index (Phi) is 4.70. The lowest BCUT2D eigenvalue weighted by Gasteiger charge is -2.63. The van der Waals surface area contributed by atoms with Crippen molar-refractivity contribution >= 4 is 16.9 Å². The molecule has 3 aliphatic carbocycles. The van der Waals surface area contributed by atoms with Gasteiger partial charge in [-0.15, -0.1) is 0 Å². The summed E-state index contributed by atoms with van der Waals surface area (Å²) in [6.45, 7) is 6.93. The van der Waals surface area contributed by atoms with Gasteiger partial charge in [0.25, 0.3) is 0 Å². The van der Waals surface area contributed by atoms with E-state index in [1.54, 1.807) is 0 Å². The molecule has 5 heteroatoms. The molecule has 1 aromatic carbocycles. The summed E-state index contributed by atoms with van der Waals surface area (Å²) < 4.78 is 15.8. The van der Waals surface area contributed by atoms with E-state index in [-0.39, 0.29) is 27.9 Å². The molecule has 0 spiro atoms. The maximum Gasteiger partial charge on any atom is 0.348 e. The normalized spacial score (nSPS) is 46.0. The zero-order valence-electron chi connectivity index (χ0n) is 20.6. The molecule has 9 atom stereocenters. The molecule has 178 valence electrons. The van der Waals surface area contributed by atoms with E-state index in [2.05, 4.69) is 25.8 Å². The maximum absolute atomic E-state index is 15.7. The van der Waals surface area contributed by atoms with Gasteiger partial charge in [0, 0.05) is 18.3 Å². The molecule has 0 bridgehead atoms. The Morgan fingerprint density at radius 2 is 1.91 bits per heavy atom. The number of likely N-dealkylation sites (tertiary alicyclic amines) is 1. The van der Waals surface area contributed by atoms with Crippen LogP contribution in [-0.4, -0.2) is 39.6 Å². The number of fused-ring (bicyclic) bond motifs is 6. The van der Waals surface area contributed by atoms with E-state index in [9.17, 15) is 4.79 Å². The first kappa shape index (κ1) is 21.8. The number of carbonyl (C=O) groups excluding carboxylic acids is 1. The highest BCUT2D eigenvalue weighted by Crippen LogP contribution is 2.66. The van der Waals surface area contributed by atoms with Crippen molar-refractivity contribution in [3.05, 3.63) is 30.1 Å². The van der Waals surface area contributed by atoms with Crippen LogP contribution in [0.2, 0.25) is 0 Å². The predicted molar refractivity (Wildman–Crippen MR) is 128 cm³/mol. The summed E-state index contributed by atoms with van der Waals surface area (Å²) in [6, 6.07) is 7.93. The summed E-state index contributed by atoms with van der Waals surface area (Å²) in [4.78, 5) is 21.9. The fourth-order valence-electron chi connectivity index (χ4n) is 9.41. The predicted octanol–water partition coefficient (Wildman–Crippen LogP) is 6.34. The van der Waals surface area contributed by atoms with Gasteiger partial charge in [-0.3, -0.25) is 0 Å². The van der Waals surface area contributed by atoms with Crippen LogP contribution in [0.4, 0.5) is 4.39 Å². The van der Waals surface area contributed by atoms with Crippen molar-refractivity contribution in [3.8, 4) is 0 Å². The van der Waals surface area contributed by atoms with Crippen LogP contribution in [0.1, 0.15) is 84.0 Å². The van der Waals surface area contributed by atoms with Crippen molar-refractivity contribution in [2.24, 2.45) is 28.6 Å². The van der Waals surface area contributed by atoms with E-state index in [4.69, 9.17) is 4.98 Å². The van der Waals surface area contributed by atoms with Gasteiger partial charge in [-0.05, 0) is 74.3 Å². The van der Waals surface area contributed by atoms with Gasteiger partial charge in [-0.25, -0.2) is 18.7 Å². The summed E-state index contributed by atoms with van der Waals surface area (Å²) in [5, 5.41) is 0. The molecule has 4 aliphatic rings. The van der Waals surface area contributed by atoms with E-state index in [0.717, 1.165) is 29.2 Å². The number of rotatable bonds is 2. The molecule has 1 amide bonds. The lowest BCUT2D eigenvalue weighted by Crippen LogP contribution is -2.72. The monoisotopic (exact) mass is 452 g/mol. The molecule has 2 aromatic rings. The molecule has 4 nitrogen and oxygen atoms in total. The largest absolute Gasteiger partial charge is 0.348 e. The summed E-state index contributed by atoms with van der Waals surface area (Å²) in [6.07, 6.45) is 7.76. The van der Waals surface area contributed by atoms with Crippen LogP contribution in [0.3, 0.4) is 0 Å². The minimum atomic E-state index is -1.39. The number of hydrogen-bond donors (Lipinski definition) is 1. The number of imidazole rings is 1. The van der Waals surface area contributed by atoms with Gasteiger partial charge in [0.05, 0.1) is 18.1 Å². The number of aromatic nitrogens is 2. The number of nitrogens with one attached hydrogen (secondary N) is 1. The Labute approximate surface area is 196 Å². The average Bonchev–Trinajstić information content (AvgIpc) is 3.40. The molecular weight excluding hydrogens is 413 g/mol. The molecule has 3 saturated carbocycles. The average molecular weight is 453 g/mol. The number of nitrogens with zero attached hydrogens (tertiary/aromatic N) is 2. The number of benzene rings is 1. The second-order valence-electron chi connectivity index (χ2n) is 12.5. The van der Waals surface area contributed by atoms with Crippen molar-refractivity contribution in [2.45, 2.75) is 90.4 Å². The number of amides is 1. The standard InChI is InChI=1S/C28H39FN3O/c1-17(25-30-22-9-5-6-10-23(22)31-25)32(4)24-12-11-18-19-8-7-14-27(19,2)15-13-20(18)28(24,3)16-21(29)26(32)33/h5-6,9-10,17-21,24H,7-8,11-16H2,1-4H3,(H,30,31)/q+1/t17?,18-,19-,20-,21+,24+,27-,28+,32?/m0/s1. The third-order valence-corrected chi connectivity index (χ3v) is 11.2. The lowest BCUT2D eigenvalue weighted by atomic mass is 9.47. The van der Waals surface area contributed by atoms with Crippen LogP contribution in [0.5, 0.6) is 0 Å². The van der Waals surface area contributed by atoms with E-state index in [0.29, 0.717) is 23.7 Å². The number of carbonyl (C=O) groups is 1. The number of piperidine rings is 1. The third kappa shape index (κ3) is 2.84. The third-order valence-electron chi connectivity index (χ3n) is 11.2. The Balaban J connectivity index is 1.40. The number of aromatic amines is 1. The summed E-state index contributed by atoms with van der Waals surface area (Å²) in [5.74, 6) is 2.57. The highest BCUT2D eigenvalue weighted by Gasteiger charge is 2.67. The van der Waals surface area contributed by atoms with Crippen molar-refractivity contribution < 1.29 is 13.7 Å². The van der Waals surface area contributed by atoms with E-state index >= 15 is 4.39 Å². The van der Waals surface area contributed by atoms with Crippen molar-refractivity contribution in [1.82, 2.24) is 9.97 Å². The zero-order valence-corrected chi connectivity index (χ0v) is 20.6. The summed E-state index contributed by atoms with van der Waals surface area (Å²) >= 11 is 0. The molecule has 2 heterocycles. The number of alkyl halides is 1. The highest BCUT2D eigenvalue weighted by molar-refractivity contribution is 5.76. The fourth-order valence-corrected chi connectivity index (χ4v) is 9.41. The second kappa shape index (κ2) is 7.13. The topological polar surface area (TPSA) is 45.8 Å². The van der Waals surface area contributed by atoms with Crippen LogP contribution >= 0.6 is 0 Å². The molecule has 1 aliphatic heterocycles. The molecule has 0 radical (unpaired) electrons. The molecule has 6 rings (SSSR count). The number of H-pyrrole nitrogens is 1. The first-order valence-electron chi connectivity index (χ1n) is 13.2. The Bertz CT molecular complexity index is 1060. The van der Waals surface area contributed by atoms with E-state index < -0.39 is 6.17 Å². The minimum Gasteiger partial charge on any atom is -0.337 e. The van der Waals surface area contributed by atoms with Crippen LogP contribution in [0, 0.1) is 28.6 Å². The second-order valence-corrected chi connectivity index (χ2v) is 12.5. The Morgan fingerprint density at radius 1 is 1.12 bits per heavy atom. The van der Waals surface area contributed by atoms with Crippen LogP contribution in [0.15, 0.2) is 24.3 Å². The van der Waals surface area contributed by atoms with Gasteiger partial charge < -0.3 is 4.98 Å². The molecular formula is C28H39FN3O+. The number of halogens is 1. The van der Waals surface area contributed by atoms with Crippen LogP contribution in [-0.2, 0) is 4.79 Å². The van der Waals surface area contributed by atoms with Gasteiger partial charge in [-0.1, -0.05) is 32.4 Å². The number of para-hydroxylation sites is 2. The molecule has 2 unspecified atom stereocenters. The lowest BCUT2D eigenvalue weighted by molar-refractivity contribution is -0.906. The Morgan fingerprint density at radius 3 is 2.70 bits per heavy atom. The number of hydrogen-bond acceptors (Lipinski definition) is 2. The minimum absolute atomic E-state index is 0.142. The fraction of sp³-hybridized carbons (Fsp3) is 0.714. The van der Waals surface area contributed by atoms with Crippen LogP contribution < -0.4 is 0 Å². The SMILES string of the molecule is CC(c1nc2ccccc2[nH]1)[N+]1(C)C(=O)[C@H](F)C[C@@]2(C)[C@H]1CC[C@H]1[C@@H]3CCC[C@@]3(C)CC[C@@H]12. The molecule has 1 N–H and O–H groups in total. The van der Waals surface area contributed by atoms with Crippen LogP contribution in [0.25, 0.3) is 11.0 Å². The highest BCUT2D eigenvalue weighted by atomic mass is 19.1.